The average Bonchev–Trinajstić information content (AvgIpc) is 2.83. The molecule has 0 fully saturated rings. The predicted molar refractivity (Wildman–Crippen MR) is 71.5 cm³/mol. The van der Waals surface area contributed by atoms with Crippen LogP contribution in [0.2, 0.25) is 5.02 Å². The zero-order valence-corrected chi connectivity index (χ0v) is 11.9. The Morgan fingerprint density at radius 1 is 1.47 bits per heavy atom. The van der Waals surface area contributed by atoms with Gasteiger partial charge in [-0.1, -0.05) is 34.7 Å². The van der Waals surface area contributed by atoms with Crippen molar-refractivity contribution in [3.8, 4) is 0 Å². The molecule has 0 unspecified atom stereocenters. The fourth-order valence-electron chi connectivity index (χ4n) is 1.42. The standard InChI is InChI=1S/C9H12ClN5S2/c1-3-15-6(7(10)5(2)14-15)4-16-9-13-12-8(11)17-9/h3-4H2,1-2H3,(H2,11,12). The van der Waals surface area contributed by atoms with Gasteiger partial charge in [0.1, 0.15) is 0 Å². The molecule has 0 aliphatic heterocycles. The van der Waals surface area contributed by atoms with Crippen LogP contribution in [0.4, 0.5) is 5.13 Å². The van der Waals surface area contributed by atoms with Crippen LogP contribution in [-0.4, -0.2) is 20.0 Å². The highest BCUT2D eigenvalue weighted by atomic mass is 35.5. The third-order valence-electron chi connectivity index (χ3n) is 2.21. The number of hydrogen-bond donors (Lipinski definition) is 1. The van der Waals surface area contributed by atoms with Gasteiger partial charge in [0.15, 0.2) is 4.34 Å². The van der Waals surface area contributed by atoms with E-state index in [1.54, 1.807) is 11.8 Å². The Morgan fingerprint density at radius 2 is 2.24 bits per heavy atom. The maximum atomic E-state index is 6.21. The number of aryl methyl sites for hydroxylation is 2. The third kappa shape index (κ3) is 2.72. The molecule has 5 nitrogen and oxygen atoms in total. The molecule has 0 saturated carbocycles. The van der Waals surface area contributed by atoms with Crippen molar-refractivity contribution >= 4 is 39.8 Å². The Hall–Kier alpha value is -0.790. The smallest absolute Gasteiger partial charge is 0.203 e. The van der Waals surface area contributed by atoms with Crippen LogP contribution < -0.4 is 5.73 Å². The number of nitrogens with zero attached hydrogens (tertiary/aromatic N) is 4. The Bertz CT molecular complexity index is 521. The number of thioether (sulfide) groups is 1. The van der Waals surface area contributed by atoms with Crippen molar-refractivity contribution in [1.82, 2.24) is 20.0 Å². The van der Waals surface area contributed by atoms with Crippen LogP contribution in [0.5, 0.6) is 0 Å². The van der Waals surface area contributed by atoms with Crippen LogP contribution in [0.3, 0.4) is 0 Å². The van der Waals surface area contributed by atoms with E-state index in [0.717, 1.165) is 33.0 Å². The van der Waals surface area contributed by atoms with Crippen LogP contribution in [0, 0.1) is 6.92 Å². The summed E-state index contributed by atoms with van der Waals surface area (Å²) in [6.45, 7) is 4.76. The first-order valence-corrected chi connectivity index (χ1v) is 7.23. The van der Waals surface area contributed by atoms with E-state index in [2.05, 4.69) is 15.3 Å². The van der Waals surface area contributed by atoms with Crippen LogP contribution in [0.15, 0.2) is 4.34 Å². The topological polar surface area (TPSA) is 69.6 Å². The van der Waals surface area contributed by atoms with Gasteiger partial charge < -0.3 is 5.73 Å². The molecule has 92 valence electrons. The van der Waals surface area contributed by atoms with Crippen molar-refractivity contribution < 1.29 is 0 Å². The summed E-state index contributed by atoms with van der Waals surface area (Å²) in [6.07, 6.45) is 0. The second kappa shape index (κ2) is 5.24. The minimum absolute atomic E-state index is 0.485. The molecule has 2 heterocycles. The summed E-state index contributed by atoms with van der Waals surface area (Å²) in [6, 6.07) is 0. The Kier molecular flexibility index (Phi) is 3.90. The van der Waals surface area contributed by atoms with E-state index in [1.165, 1.54) is 11.3 Å². The lowest BCUT2D eigenvalue weighted by Crippen LogP contribution is -2.01. The molecule has 0 bridgehead atoms. The van der Waals surface area contributed by atoms with E-state index in [4.69, 9.17) is 17.3 Å². The van der Waals surface area contributed by atoms with E-state index in [1.807, 2.05) is 18.5 Å². The Morgan fingerprint density at radius 3 is 2.82 bits per heavy atom. The van der Waals surface area contributed by atoms with Crippen molar-refractivity contribution in [2.75, 3.05) is 5.73 Å². The van der Waals surface area contributed by atoms with Gasteiger partial charge >= 0.3 is 0 Å². The number of halogens is 1. The zero-order chi connectivity index (χ0) is 12.4. The van der Waals surface area contributed by atoms with Gasteiger partial charge in [-0.25, -0.2) is 0 Å². The molecule has 0 saturated heterocycles. The van der Waals surface area contributed by atoms with Crippen molar-refractivity contribution in [3.63, 3.8) is 0 Å². The van der Waals surface area contributed by atoms with Gasteiger partial charge in [0.05, 0.1) is 16.4 Å². The molecule has 0 radical (unpaired) electrons. The summed E-state index contributed by atoms with van der Waals surface area (Å²) in [7, 11) is 0. The second-order valence-electron chi connectivity index (χ2n) is 3.36. The van der Waals surface area contributed by atoms with Gasteiger partial charge in [-0.3, -0.25) is 4.68 Å². The monoisotopic (exact) mass is 289 g/mol. The highest BCUT2D eigenvalue weighted by Crippen LogP contribution is 2.30. The molecule has 2 rings (SSSR count). The van der Waals surface area contributed by atoms with Crippen molar-refractivity contribution in [2.24, 2.45) is 0 Å². The van der Waals surface area contributed by atoms with Gasteiger partial charge in [0, 0.05) is 12.3 Å². The van der Waals surface area contributed by atoms with Crippen molar-refractivity contribution in [1.29, 1.82) is 0 Å². The van der Waals surface area contributed by atoms with E-state index in [-0.39, 0.29) is 0 Å². The first-order valence-electron chi connectivity index (χ1n) is 5.05. The summed E-state index contributed by atoms with van der Waals surface area (Å²) < 4.78 is 2.76. The maximum Gasteiger partial charge on any atom is 0.203 e. The van der Waals surface area contributed by atoms with Gasteiger partial charge in [-0.2, -0.15) is 5.10 Å². The van der Waals surface area contributed by atoms with Crippen LogP contribution in [0.25, 0.3) is 0 Å². The Labute approximate surface area is 112 Å². The molecule has 2 aromatic heterocycles. The van der Waals surface area contributed by atoms with E-state index >= 15 is 0 Å². The SMILES string of the molecule is CCn1nc(C)c(Cl)c1CSc1nnc(N)s1. The molecule has 2 N–H and O–H groups in total. The maximum absolute atomic E-state index is 6.21. The molecule has 0 aliphatic carbocycles. The minimum atomic E-state index is 0.485. The molecule has 17 heavy (non-hydrogen) atoms. The first kappa shape index (κ1) is 12.7. The molecule has 0 atom stereocenters. The number of hydrogen-bond acceptors (Lipinski definition) is 6. The molecule has 0 aromatic carbocycles. The van der Waals surface area contributed by atoms with Gasteiger partial charge in [0.2, 0.25) is 5.13 Å². The number of rotatable bonds is 4. The third-order valence-corrected chi connectivity index (χ3v) is 4.60. The van der Waals surface area contributed by atoms with E-state index in [0.29, 0.717) is 5.13 Å². The highest BCUT2D eigenvalue weighted by Gasteiger charge is 2.13. The summed E-state index contributed by atoms with van der Waals surface area (Å²) in [5, 5.41) is 13.3. The highest BCUT2D eigenvalue weighted by molar-refractivity contribution is 8.00. The first-order chi connectivity index (χ1) is 8.11. The van der Waals surface area contributed by atoms with E-state index in [9.17, 15) is 0 Å². The van der Waals surface area contributed by atoms with Crippen molar-refractivity contribution in [3.05, 3.63) is 16.4 Å². The quantitative estimate of drug-likeness (QED) is 0.876. The van der Waals surface area contributed by atoms with E-state index < -0.39 is 0 Å². The minimum Gasteiger partial charge on any atom is -0.374 e. The molecule has 2 aromatic rings. The molecular formula is C9H12ClN5S2. The number of nitrogens with two attached hydrogens (primary N) is 1. The lowest BCUT2D eigenvalue weighted by molar-refractivity contribution is 0.632. The van der Waals surface area contributed by atoms with Crippen LogP contribution in [0.1, 0.15) is 18.3 Å². The largest absolute Gasteiger partial charge is 0.374 e. The van der Waals surface area contributed by atoms with Crippen LogP contribution in [-0.2, 0) is 12.3 Å². The van der Waals surface area contributed by atoms with Crippen molar-refractivity contribution in [2.45, 2.75) is 30.5 Å². The summed E-state index contributed by atoms with van der Waals surface area (Å²) >= 11 is 9.16. The van der Waals surface area contributed by atoms with Gasteiger partial charge in [0.25, 0.3) is 0 Å². The fraction of sp³-hybridized carbons (Fsp3) is 0.444. The number of anilines is 1. The van der Waals surface area contributed by atoms with Gasteiger partial charge in [-0.15, -0.1) is 10.2 Å². The summed E-state index contributed by atoms with van der Waals surface area (Å²) in [4.78, 5) is 0. The molecular weight excluding hydrogens is 278 g/mol. The molecule has 8 heteroatoms. The molecule has 0 amide bonds. The lowest BCUT2D eigenvalue weighted by Gasteiger charge is -2.03. The lowest BCUT2D eigenvalue weighted by atomic mass is 10.4. The summed E-state index contributed by atoms with van der Waals surface area (Å²) in [5.41, 5.74) is 7.41. The second-order valence-corrected chi connectivity index (χ2v) is 5.97. The average molecular weight is 290 g/mol. The number of nitrogen functional groups attached to an aromatic ring is 1. The molecule has 0 spiro atoms. The fourth-order valence-corrected chi connectivity index (χ4v) is 3.36. The Balaban J connectivity index is 2.13. The predicted octanol–water partition coefficient (Wildman–Crippen LogP) is 2.59. The zero-order valence-electron chi connectivity index (χ0n) is 9.47. The normalized spacial score (nSPS) is 11.0. The summed E-state index contributed by atoms with van der Waals surface area (Å²) in [5.74, 6) is 0.724. The van der Waals surface area contributed by atoms with Gasteiger partial charge in [-0.05, 0) is 13.8 Å². The molecule has 0 aliphatic rings. The van der Waals surface area contributed by atoms with Crippen LogP contribution >= 0.6 is 34.7 Å². The number of aromatic nitrogens is 4.